The predicted molar refractivity (Wildman–Crippen MR) is 118 cm³/mol. The van der Waals surface area contributed by atoms with Crippen molar-refractivity contribution in [3.8, 4) is 5.75 Å². The third-order valence-electron chi connectivity index (χ3n) is 3.93. The number of rotatable bonds is 5. The van der Waals surface area contributed by atoms with E-state index >= 15 is 0 Å². The average Bonchev–Trinajstić information content (AvgIpc) is 3.18. The number of nitrogens with zero attached hydrogens (tertiary/aromatic N) is 2. The van der Waals surface area contributed by atoms with Crippen LogP contribution in [0.2, 0.25) is 0 Å². The van der Waals surface area contributed by atoms with Gasteiger partial charge in [0.2, 0.25) is 11.8 Å². The highest BCUT2D eigenvalue weighted by Crippen LogP contribution is 2.20. The van der Waals surface area contributed by atoms with E-state index in [9.17, 15) is 4.39 Å². The van der Waals surface area contributed by atoms with Crippen LogP contribution in [0.25, 0.3) is 12.2 Å². The molecule has 1 heterocycles. The Morgan fingerprint density at radius 1 is 0.931 bits per heavy atom. The zero-order valence-electron chi connectivity index (χ0n) is 18.4. The maximum Gasteiger partial charge on any atom is 0.240 e. The molecule has 0 atom stereocenters. The lowest BCUT2D eigenvalue weighted by molar-refractivity contribution is 0.411. The third-order valence-corrected chi connectivity index (χ3v) is 3.93. The van der Waals surface area contributed by atoms with Gasteiger partial charge in [-0.15, -0.1) is 10.2 Å². The molecule has 0 N–H and O–H groups in total. The van der Waals surface area contributed by atoms with Gasteiger partial charge in [-0.3, -0.25) is 0 Å². The molecule has 0 saturated carbocycles. The van der Waals surface area contributed by atoms with Crippen LogP contribution in [0.1, 0.15) is 61.7 Å². The largest absolute Gasteiger partial charge is 0.496 e. The summed E-state index contributed by atoms with van der Waals surface area (Å²) in [5.74, 6) is 1.57. The second kappa shape index (κ2) is 12.5. The summed E-state index contributed by atoms with van der Waals surface area (Å²) in [4.78, 5) is 0. The molecule has 0 aliphatic rings. The van der Waals surface area contributed by atoms with E-state index in [1.165, 1.54) is 12.1 Å². The molecule has 0 bridgehead atoms. The molecule has 0 aliphatic carbocycles. The van der Waals surface area contributed by atoms with Gasteiger partial charge in [0.05, 0.1) is 13.5 Å². The zero-order chi connectivity index (χ0) is 21.8. The fourth-order valence-corrected chi connectivity index (χ4v) is 2.62. The number of ether oxygens (including phenoxy) is 1. The van der Waals surface area contributed by atoms with Crippen LogP contribution in [0, 0.1) is 19.7 Å². The van der Waals surface area contributed by atoms with E-state index in [0.717, 1.165) is 28.0 Å². The number of aromatic nitrogens is 2. The van der Waals surface area contributed by atoms with Gasteiger partial charge in [-0.2, -0.15) is 0 Å². The first-order chi connectivity index (χ1) is 14.0. The molecule has 3 aromatic rings. The van der Waals surface area contributed by atoms with Crippen LogP contribution in [-0.2, 0) is 6.42 Å². The maximum absolute atomic E-state index is 13.1. The molecule has 5 heteroatoms. The molecule has 0 amide bonds. The highest BCUT2D eigenvalue weighted by molar-refractivity contribution is 5.67. The van der Waals surface area contributed by atoms with Crippen LogP contribution in [0.15, 0.2) is 40.8 Å². The molecule has 29 heavy (non-hydrogen) atoms. The van der Waals surface area contributed by atoms with Gasteiger partial charge in [0.1, 0.15) is 11.6 Å². The second-order valence-corrected chi connectivity index (χ2v) is 5.85. The smallest absolute Gasteiger partial charge is 0.240 e. The minimum atomic E-state index is -0.246. The van der Waals surface area contributed by atoms with E-state index in [1.807, 2.05) is 65.8 Å². The summed E-state index contributed by atoms with van der Waals surface area (Å²) in [5.41, 5.74) is 3.90. The summed E-state index contributed by atoms with van der Waals surface area (Å²) in [6.07, 6.45) is 4.13. The number of methoxy groups -OCH3 is 1. The molecule has 0 aliphatic heterocycles. The molecule has 156 valence electrons. The lowest BCUT2D eigenvalue weighted by Crippen LogP contribution is -1.92. The van der Waals surface area contributed by atoms with Gasteiger partial charge < -0.3 is 9.15 Å². The van der Waals surface area contributed by atoms with Gasteiger partial charge in [-0.1, -0.05) is 45.9 Å². The van der Waals surface area contributed by atoms with Gasteiger partial charge in [0.25, 0.3) is 0 Å². The van der Waals surface area contributed by atoms with Crippen LogP contribution >= 0.6 is 0 Å². The standard InChI is InChI=1S/C20H19FN2O2.2C2H6/c1-13-11-17(21)7-5-16(13)6-9-19-22-23-20(25-19)12-15-4-8-18(24-3)14(2)10-15;2*1-2/h4-11H,12H2,1-3H3;2*1-2H3/b9-6+;;. The molecule has 0 spiro atoms. The van der Waals surface area contributed by atoms with Crippen molar-refractivity contribution in [3.63, 3.8) is 0 Å². The molecule has 2 aromatic carbocycles. The van der Waals surface area contributed by atoms with Crippen LogP contribution in [0.5, 0.6) is 5.75 Å². The Balaban J connectivity index is 0.000000989. The topological polar surface area (TPSA) is 48.2 Å². The minimum absolute atomic E-state index is 0.246. The Bertz CT molecular complexity index is 917. The highest BCUT2D eigenvalue weighted by Gasteiger charge is 2.07. The van der Waals surface area contributed by atoms with Crippen molar-refractivity contribution in [1.29, 1.82) is 0 Å². The van der Waals surface area contributed by atoms with E-state index in [1.54, 1.807) is 19.3 Å². The van der Waals surface area contributed by atoms with Gasteiger partial charge >= 0.3 is 0 Å². The van der Waals surface area contributed by atoms with Crippen LogP contribution < -0.4 is 4.74 Å². The molecular formula is C24H31FN2O2. The van der Waals surface area contributed by atoms with E-state index in [4.69, 9.17) is 9.15 Å². The zero-order valence-corrected chi connectivity index (χ0v) is 18.4. The molecule has 3 rings (SSSR count). The molecule has 0 fully saturated rings. The summed E-state index contributed by atoms with van der Waals surface area (Å²) >= 11 is 0. The van der Waals surface area contributed by atoms with Crippen molar-refractivity contribution >= 4 is 12.2 Å². The van der Waals surface area contributed by atoms with Crippen LogP contribution in [0.4, 0.5) is 4.39 Å². The Labute approximate surface area is 173 Å². The number of benzene rings is 2. The minimum Gasteiger partial charge on any atom is -0.496 e. The van der Waals surface area contributed by atoms with Crippen molar-refractivity contribution in [1.82, 2.24) is 10.2 Å². The Hall–Kier alpha value is -2.95. The molecule has 0 saturated heterocycles. The monoisotopic (exact) mass is 398 g/mol. The maximum atomic E-state index is 13.1. The van der Waals surface area contributed by atoms with Crippen molar-refractivity contribution in [2.45, 2.75) is 48.0 Å². The first-order valence-electron chi connectivity index (χ1n) is 9.95. The Morgan fingerprint density at radius 2 is 1.66 bits per heavy atom. The summed E-state index contributed by atoms with van der Waals surface area (Å²) in [6.45, 7) is 11.9. The summed E-state index contributed by atoms with van der Waals surface area (Å²) in [7, 11) is 1.65. The molecule has 1 aromatic heterocycles. The summed E-state index contributed by atoms with van der Waals surface area (Å²) < 4.78 is 24.0. The number of hydrogen-bond acceptors (Lipinski definition) is 4. The average molecular weight is 399 g/mol. The Kier molecular flexibility index (Phi) is 10.4. The first-order valence-corrected chi connectivity index (χ1v) is 9.95. The Morgan fingerprint density at radius 3 is 2.28 bits per heavy atom. The predicted octanol–water partition coefficient (Wildman–Crippen LogP) is 6.65. The van der Waals surface area contributed by atoms with Gasteiger partial charge in [-0.25, -0.2) is 4.39 Å². The van der Waals surface area contributed by atoms with Gasteiger partial charge in [0.15, 0.2) is 0 Å². The molecule has 0 radical (unpaired) electrons. The van der Waals surface area contributed by atoms with Crippen molar-refractivity contribution in [3.05, 3.63) is 76.3 Å². The lowest BCUT2D eigenvalue weighted by Gasteiger charge is -2.05. The molecule has 4 nitrogen and oxygen atoms in total. The van der Waals surface area contributed by atoms with Crippen LogP contribution in [-0.4, -0.2) is 17.3 Å². The van der Waals surface area contributed by atoms with E-state index in [2.05, 4.69) is 10.2 Å². The number of hydrogen-bond donors (Lipinski definition) is 0. The first kappa shape index (κ1) is 24.1. The highest BCUT2D eigenvalue weighted by atomic mass is 19.1. The van der Waals surface area contributed by atoms with E-state index in [-0.39, 0.29) is 5.82 Å². The second-order valence-electron chi connectivity index (χ2n) is 5.85. The van der Waals surface area contributed by atoms with Crippen molar-refractivity contribution in [2.24, 2.45) is 0 Å². The van der Waals surface area contributed by atoms with Gasteiger partial charge in [0, 0.05) is 6.08 Å². The number of aryl methyl sites for hydroxylation is 2. The SMILES string of the molecule is CC.CC.COc1ccc(Cc2nnc(/C=C/c3ccc(F)cc3C)o2)cc1C. The summed E-state index contributed by atoms with van der Waals surface area (Å²) in [5, 5.41) is 8.10. The van der Waals surface area contributed by atoms with Crippen LogP contribution in [0.3, 0.4) is 0 Å². The van der Waals surface area contributed by atoms with Crippen molar-refractivity contribution in [2.75, 3.05) is 7.11 Å². The van der Waals surface area contributed by atoms with Gasteiger partial charge in [-0.05, 0) is 60.4 Å². The summed E-state index contributed by atoms with van der Waals surface area (Å²) in [6, 6.07) is 10.6. The number of halogens is 1. The van der Waals surface area contributed by atoms with E-state index in [0.29, 0.717) is 18.2 Å². The fraction of sp³-hybridized carbons (Fsp3) is 0.333. The third kappa shape index (κ3) is 7.18. The lowest BCUT2D eigenvalue weighted by atomic mass is 10.1. The molecular weight excluding hydrogens is 367 g/mol. The normalized spacial score (nSPS) is 10.1. The van der Waals surface area contributed by atoms with E-state index < -0.39 is 0 Å². The molecule has 0 unspecified atom stereocenters. The van der Waals surface area contributed by atoms with Crippen molar-refractivity contribution < 1.29 is 13.5 Å². The fourth-order valence-electron chi connectivity index (χ4n) is 2.62. The quantitative estimate of drug-likeness (QED) is 0.483.